The van der Waals surface area contributed by atoms with Gasteiger partial charge in [-0.25, -0.2) is 8.42 Å². The van der Waals surface area contributed by atoms with E-state index in [2.05, 4.69) is 0 Å². The van der Waals surface area contributed by atoms with E-state index in [1.54, 1.807) is 32.0 Å². The van der Waals surface area contributed by atoms with Crippen molar-refractivity contribution in [3.63, 3.8) is 0 Å². The molecule has 1 aromatic carbocycles. The molecule has 1 aliphatic rings. The summed E-state index contributed by atoms with van der Waals surface area (Å²) in [6.45, 7) is 3.49. The average Bonchev–Trinajstić information content (AvgIpc) is 2.66. The van der Waals surface area contributed by atoms with E-state index < -0.39 is 26.8 Å². The minimum atomic E-state index is -3.77. The molecule has 2 rings (SSSR count). The third-order valence-electron chi connectivity index (χ3n) is 3.09. The largest absolute Gasteiger partial charge is 0.480 e. The number of carbonyl (C=O) groups is 1. The molecule has 1 heterocycles. The average molecular weight is 301 g/mol. The Balaban J connectivity index is 2.45. The summed E-state index contributed by atoms with van der Waals surface area (Å²) in [4.78, 5) is 11.5. The molecule has 1 aliphatic heterocycles. The Morgan fingerprint density at radius 2 is 1.95 bits per heavy atom. The molecule has 1 fully saturated rings. The van der Waals surface area contributed by atoms with Crippen LogP contribution in [-0.2, 0) is 14.8 Å². The first kappa shape index (κ1) is 14.4. The number of aliphatic carboxylic acids is 1. The SMILES string of the molecule is CC1(C)SCN(S(=O)(=O)c2ccccc2)C1C(=O)O. The first-order valence-corrected chi connectivity index (χ1v) is 8.13. The molecule has 19 heavy (non-hydrogen) atoms. The van der Waals surface area contributed by atoms with E-state index in [4.69, 9.17) is 0 Å². The summed E-state index contributed by atoms with van der Waals surface area (Å²) in [6, 6.07) is 6.86. The molecule has 1 atom stereocenters. The molecule has 0 aliphatic carbocycles. The second kappa shape index (κ2) is 4.81. The first-order valence-electron chi connectivity index (χ1n) is 5.70. The second-order valence-electron chi connectivity index (χ2n) is 4.82. The maximum absolute atomic E-state index is 12.5. The van der Waals surface area contributed by atoms with Gasteiger partial charge in [0.1, 0.15) is 6.04 Å². The number of thioether (sulfide) groups is 1. The van der Waals surface area contributed by atoms with Crippen LogP contribution in [0.25, 0.3) is 0 Å². The lowest BCUT2D eigenvalue weighted by atomic mass is 10.0. The third-order valence-corrected chi connectivity index (χ3v) is 6.46. The highest BCUT2D eigenvalue weighted by molar-refractivity contribution is 8.02. The molecular formula is C12H15NO4S2. The zero-order valence-corrected chi connectivity index (χ0v) is 12.2. The standard InChI is InChI=1S/C12H15NO4S2/c1-12(2)10(11(14)15)13(8-18-12)19(16,17)9-6-4-3-5-7-9/h3-7,10H,8H2,1-2H3,(H,14,15). The van der Waals surface area contributed by atoms with E-state index in [9.17, 15) is 18.3 Å². The van der Waals surface area contributed by atoms with Crippen molar-refractivity contribution in [3.8, 4) is 0 Å². The monoisotopic (exact) mass is 301 g/mol. The molecule has 0 amide bonds. The van der Waals surface area contributed by atoms with Crippen molar-refractivity contribution >= 4 is 27.8 Å². The summed E-state index contributed by atoms with van der Waals surface area (Å²) in [5, 5.41) is 9.31. The van der Waals surface area contributed by atoms with Gasteiger partial charge in [0.05, 0.1) is 10.8 Å². The molecule has 7 heteroatoms. The Morgan fingerprint density at radius 3 is 2.47 bits per heavy atom. The first-order chi connectivity index (χ1) is 8.77. The minimum absolute atomic E-state index is 0.125. The molecule has 5 nitrogen and oxygen atoms in total. The third kappa shape index (κ3) is 2.50. The fourth-order valence-electron chi connectivity index (χ4n) is 2.09. The van der Waals surface area contributed by atoms with Crippen LogP contribution in [0.3, 0.4) is 0 Å². The van der Waals surface area contributed by atoms with E-state index >= 15 is 0 Å². The normalized spacial score (nSPS) is 23.4. The van der Waals surface area contributed by atoms with Gasteiger partial charge < -0.3 is 5.11 Å². The molecule has 1 unspecified atom stereocenters. The zero-order valence-electron chi connectivity index (χ0n) is 10.6. The summed E-state index contributed by atoms with van der Waals surface area (Å²) in [6.07, 6.45) is 0. The zero-order chi connectivity index (χ0) is 14.3. The van der Waals surface area contributed by atoms with Crippen LogP contribution in [-0.4, -0.2) is 40.5 Å². The number of carboxylic acids is 1. The van der Waals surface area contributed by atoms with Crippen LogP contribution < -0.4 is 0 Å². The van der Waals surface area contributed by atoms with Gasteiger partial charge in [0, 0.05) is 4.75 Å². The van der Waals surface area contributed by atoms with E-state index in [0.717, 1.165) is 4.31 Å². The smallest absolute Gasteiger partial charge is 0.323 e. The second-order valence-corrected chi connectivity index (χ2v) is 8.31. The Kier molecular flexibility index (Phi) is 3.63. The van der Waals surface area contributed by atoms with Crippen LogP contribution in [0, 0.1) is 0 Å². The van der Waals surface area contributed by atoms with Crippen LogP contribution >= 0.6 is 11.8 Å². The predicted octanol–water partition coefficient (Wildman–Crippen LogP) is 1.61. The molecule has 1 N–H and O–H groups in total. The van der Waals surface area contributed by atoms with Gasteiger partial charge in [-0.05, 0) is 26.0 Å². The highest BCUT2D eigenvalue weighted by atomic mass is 32.2. The molecule has 0 bridgehead atoms. The lowest BCUT2D eigenvalue weighted by molar-refractivity contribution is -0.141. The highest BCUT2D eigenvalue weighted by Crippen LogP contribution is 2.42. The van der Waals surface area contributed by atoms with Gasteiger partial charge in [0.15, 0.2) is 0 Å². The molecule has 104 valence electrons. The number of sulfonamides is 1. The van der Waals surface area contributed by atoms with Gasteiger partial charge in [-0.3, -0.25) is 4.79 Å². The van der Waals surface area contributed by atoms with Gasteiger partial charge in [0.25, 0.3) is 0 Å². The molecule has 1 saturated heterocycles. The number of rotatable bonds is 3. The van der Waals surface area contributed by atoms with Crippen LogP contribution in [0.5, 0.6) is 0 Å². The fourth-order valence-corrected chi connectivity index (χ4v) is 5.26. The van der Waals surface area contributed by atoms with Gasteiger partial charge >= 0.3 is 5.97 Å². The summed E-state index contributed by atoms with van der Waals surface area (Å²) < 4.78 is 25.4. The highest BCUT2D eigenvalue weighted by Gasteiger charge is 2.51. The predicted molar refractivity (Wildman–Crippen MR) is 73.4 cm³/mol. The number of hydrogen-bond acceptors (Lipinski definition) is 4. The van der Waals surface area contributed by atoms with Gasteiger partial charge in [-0.15, -0.1) is 11.8 Å². The van der Waals surface area contributed by atoms with Crippen molar-refractivity contribution in [1.82, 2.24) is 4.31 Å². The minimum Gasteiger partial charge on any atom is -0.480 e. The maximum atomic E-state index is 12.5. The molecule has 0 aromatic heterocycles. The number of carboxylic acid groups (broad SMARTS) is 1. The molecule has 0 radical (unpaired) electrons. The van der Waals surface area contributed by atoms with Crippen LogP contribution in [0.15, 0.2) is 35.2 Å². The van der Waals surface area contributed by atoms with Crippen LogP contribution in [0.2, 0.25) is 0 Å². The Hall–Kier alpha value is -1.05. The van der Waals surface area contributed by atoms with E-state index in [-0.39, 0.29) is 10.8 Å². The van der Waals surface area contributed by atoms with Crippen molar-refractivity contribution in [2.45, 2.75) is 29.5 Å². The quantitative estimate of drug-likeness (QED) is 0.918. The van der Waals surface area contributed by atoms with Gasteiger partial charge in [-0.1, -0.05) is 18.2 Å². The van der Waals surface area contributed by atoms with E-state index in [0.29, 0.717) is 0 Å². The molecule has 0 saturated carbocycles. The van der Waals surface area contributed by atoms with Crippen molar-refractivity contribution in [2.75, 3.05) is 5.88 Å². The Bertz CT molecular complexity index is 583. The molecular weight excluding hydrogens is 286 g/mol. The summed E-state index contributed by atoms with van der Waals surface area (Å²) in [5.74, 6) is -0.962. The topological polar surface area (TPSA) is 74.7 Å². The fraction of sp³-hybridized carbons (Fsp3) is 0.417. The summed E-state index contributed by atoms with van der Waals surface area (Å²) in [5.41, 5.74) is 0. The van der Waals surface area contributed by atoms with Gasteiger partial charge in [-0.2, -0.15) is 4.31 Å². The van der Waals surface area contributed by atoms with E-state index in [1.165, 1.54) is 23.9 Å². The van der Waals surface area contributed by atoms with Crippen molar-refractivity contribution in [3.05, 3.63) is 30.3 Å². The lowest BCUT2D eigenvalue weighted by Gasteiger charge is -2.27. The number of hydrogen-bond donors (Lipinski definition) is 1. The number of nitrogens with zero attached hydrogens (tertiary/aromatic N) is 1. The van der Waals surface area contributed by atoms with Crippen molar-refractivity contribution < 1.29 is 18.3 Å². The van der Waals surface area contributed by atoms with Crippen molar-refractivity contribution in [2.24, 2.45) is 0 Å². The van der Waals surface area contributed by atoms with Crippen molar-refractivity contribution in [1.29, 1.82) is 0 Å². The Morgan fingerprint density at radius 1 is 1.37 bits per heavy atom. The molecule has 0 spiro atoms. The summed E-state index contributed by atoms with van der Waals surface area (Å²) >= 11 is 1.33. The number of benzene rings is 1. The summed E-state index contributed by atoms with van der Waals surface area (Å²) in [7, 11) is -3.77. The van der Waals surface area contributed by atoms with Crippen LogP contribution in [0.1, 0.15) is 13.8 Å². The van der Waals surface area contributed by atoms with Gasteiger partial charge in [0.2, 0.25) is 10.0 Å². The van der Waals surface area contributed by atoms with Crippen LogP contribution in [0.4, 0.5) is 0 Å². The Labute approximate surface area is 116 Å². The van der Waals surface area contributed by atoms with E-state index in [1.807, 2.05) is 0 Å². The molecule has 1 aromatic rings. The maximum Gasteiger partial charge on any atom is 0.323 e. The lowest BCUT2D eigenvalue weighted by Crippen LogP contribution is -2.48.